The van der Waals surface area contributed by atoms with Crippen LogP contribution in [-0.4, -0.2) is 163 Å². The van der Waals surface area contributed by atoms with Crippen molar-refractivity contribution in [3.63, 3.8) is 0 Å². The topological polar surface area (TPSA) is 391 Å². The lowest BCUT2D eigenvalue weighted by Gasteiger charge is -2.40. The Bertz CT molecular complexity index is 3020. The number of anilines is 1. The highest BCUT2D eigenvalue weighted by Gasteiger charge is 2.41. The van der Waals surface area contributed by atoms with Crippen molar-refractivity contribution in [3.05, 3.63) is 108 Å². The number of hydrogen-bond donors (Lipinski definition) is 10. The number of primary amides is 2. The van der Waals surface area contributed by atoms with Gasteiger partial charge < -0.3 is 63.9 Å². The molecule has 5 rings (SSSR count). The summed E-state index contributed by atoms with van der Waals surface area (Å²) in [4.78, 5) is 137. The second kappa shape index (κ2) is 30.8. The van der Waals surface area contributed by atoms with Crippen molar-refractivity contribution < 1.29 is 66.9 Å². The first-order chi connectivity index (χ1) is 39.7. The Morgan fingerprint density at radius 1 is 0.857 bits per heavy atom. The summed E-state index contributed by atoms with van der Waals surface area (Å²) in [6.07, 6.45) is 0.835. The van der Waals surface area contributed by atoms with E-state index in [2.05, 4.69) is 21.3 Å². The maximum absolute atomic E-state index is 15.2. The van der Waals surface area contributed by atoms with E-state index in [1.54, 1.807) is 10.8 Å². The van der Waals surface area contributed by atoms with Crippen LogP contribution in [0.3, 0.4) is 0 Å². The first-order valence-electron chi connectivity index (χ1n) is 27.0. The summed E-state index contributed by atoms with van der Waals surface area (Å²) >= 11 is 0.969. The fourth-order valence-electron chi connectivity index (χ4n) is 9.29. The Kier molecular flexibility index (Phi) is 24.4. The van der Waals surface area contributed by atoms with Crippen LogP contribution in [-0.2, 0) is 56.1 Å². The standard InChI is InChI=1S/C56H73F2N13O12S/c1-32(52(79)71(42(49(61)77)11-8-20-65-55(62)83)36-15-12-33(13-16-36)25-45(74)63-22-24-70-46(75)27-43(53(70)80)84-31-40(60)54(81)82)66-44(73)18-21-64-51(78)39(59)19-23-69(47(76)30-72)48(56(2,3)4)50-67-41(37-26-35(57)14-17-38(37)58)29-68(50)28-34-9-6-5-7-10-34/h5-7,9-10,12-17,26,29,32,39-40,42-43,48,72H,8,11,18-25,27-28,30-31,59-60H2,1-4H3,(H2,61,77)(H,63,74)(H,64,78)(H,66,73)(H,81,82)(H3,62,65,83)/t32-,39-,40-,42-,43?,48-/m0/s1. The number of imide groups is 1. The number of nitrogens with one attached hydrogen (secondary N) is 4. The number of hydrogen-bond acceptors (Lipinski definition) is 15. The second-order valence-corrected chi connectivity index (χ2v) is 22.3. The first-order valence-corrected chi connectivity index (χ1v) is 28.0. The lowest BCUT2D eigenvalue weighted by molar-refractivity contribution is -0.140. The van der Waals surface area contributed by atoms with Gasteiger partial charge in [0, 0.05) is 75.3 Å². The average molecular weight is 1190 g/mol. The number of imidazole rings is 1. The number of aliphatic carboxylic acids is 1. The molecule has 1 unspecified atom stereocenters. The third-order valence-corrected chi connectivity index (χ3v) is 14.8. The molecule has 0 saturated carbocycles. The van der Waals surface area contributed by atoms with Gasteiger partial charge in [0.2, 0.25) is 47.3 Å². The van der Waals surface area contributed by atoms with Gasteiger partial charge in [-0.1, -0.05) is 63.2 Å². The number of aromatic nitrogens is 2. The number of urea groups is 1. The van der Waals surface area contributed by atoms with Crippen molar-refractivity contribution in [2.45, 2.75) is 108 Å². The van der Waals surface area contributed by atoms with Gasteiger partial charge in [-0.3, -0.25) is 53.0 Å². The zero-order chi connectivity index (χ0) is 62.0. The number of carboxylic acid groups (broad SMARTS) is 1. The van der Waals surface area contributed by atoms with Gasteiger partial charge >= 0.3 is 12.0 Å². The van der Waals surface area contributed by atoms with Gasteiger partial charge in [-0.2, -0.15) is 0 Å². The molecule has 28 heteroatoms. The zero-order valence-corrected chi connectivity index (χ0v) is 47.9. The van der Waals surface area contributed by atoms with Crippen molar-refractivity contribution in [1.82, 2.24) is 40.6 Å². The van der Waals surface area contributed by atoms with Crippen LogP contribution in [0.5, 0.6) is 0 Å². The number of rotatable bonds is 31. The minimum atomic E-state index is -1.31. The molecule has 454 valence electrons. The average Bonchev–Trinajstić information content (AvgIpc) is 2.54. The van der Waals surface area contributed by atoms with E-state index >= 15 is 4.39 Å². The van der Waals surface area contributed by atoms with E-state index < -0.39 is 118 Å². The Labute approximate surface area is 488 Å². The highest BCUT2D eigenvalue weighted by molar-refractivity contribution is 8.00. The number of carboxylic acids is 1. The zero-order valence-electron chi connectivity index (χ0n) is 47.1. The van der Waals surface area contributed by atoms with Gasteiger partial charge in [-0.15, -0.1) is 11.8 Å². The summed E-state index contributed by atoms with van der Waals surface area (Å²) in [5, 5.41) is 28.7. The van der Waals surface area contributed by atoms with Crippen LogP contribution in [0.25, 0.3) is 11.3 Å². The van der Waals surface area contributed by atoms with Crippen LogP contribution in [0, 0.1) is 17.0 Å². The van der Waals surface area contributed by atoms with Gasteiger partial charge in [-0.25, -0.2) is 18.6 Å². The van der Waals surface area contributed by atoms with E-state index in [1.807, 2.05) is 51.1 Å². The van der Waals surface area contributed by atoms with Gasteiger partial charge in [-0.05, 0) is 73.1 Å². The number of likely N-dealkylation sites (tertiary alicyclic amines) is 1. The summed E-state index contributed by atoms with van der Waals surface area (Å²) in [6.45, 7) is 5.55. The quantitative estimate of drug-likeness (QED) is 0.0246. The second-order valence-electron chi connectivity index (χ2n) is 21.1. The number of nitrogens with zero attached hydrogens (tertiary/aromatic N) is 5. The van der Waals surface area contributed by atoms with Crippen molar-refractivity contribution in [1.29, 1.82) is 0 Å². The Balaban J connectivity index is 1.21. The fourth-order valence-corrected chi connectivity index (χ4v) is 10.4. The van der Waals surface area contributed by atoms with Gasteiger partial charge in [0.1, 0.15) is 42.2 Å². The third-order valence-electron chi connectivity index (χ3n) is 13.5. The molecule has 0 aliphatic carbocycles. The van der Waals surface area contributed by atoms with E-state index in [-0.39, 0.29) is 106 Å². The lowest BCUT2D eigenvalue weighted by Crippen LogP contribution is -2.55. The molecule has 1 aliphatic rings. The molecular weight excluding hydrogens is 1120 g/mol. The minimum Gasteiger partial charge on any atom is -0.480 e. The number of aliphatic hydroxyl groups is 1. The maximum atomic E-state index is 15.2. The minimum absolute atomic E-state index is 0.0270. The molecule has 1 fully saturated rings. The molecule has 0 spiro atoms. The van der Waals surface area contributed by atoms with Crippen LogP contribution < -0.4 is 49.1 Å². The number of benzene rings is 3. The lowest BCUT2D eigenvalue weighted by atomic mass is 9.84. The number of aliphatic hydroxyl groups excluding tert-OH is 1. The predicted molar refractivity (Wildman–Crippen MR) is 306 cm³/mol. The molecule has 6 atom stereocenters. The normalized spacial score (nSPS) is 15.1. The van der Waals surface area contributed by atoms with E-state index in [0.29, 0.717) is 5.56 Å². The largest absolute Gasteiger partial charge is 0.480 e. The van der Waals surface area contributed by atoms with E-state index in [0.717, 1.165) is 45.3 Å². The van der Waals surface area contributed by atoms with Crippen LogP contribution in [0.2, 0.25) is 0 Å². The summed E-state index contributed by atoms with van der Waals surface area (Å²) in [5.41, 5.74) is 23.5. The van der Waals surface area contributed by atoms with Crippen LogP contribution in [0.1, 0.15) is 82.8 Å². The molecule has 3 aromatic carbocycles. The number of thioether (sulfide) groups is 1. The Hall–Kier alpha value is -8.34. The summed E-state index contributed by atoms with van der Waals surface area (Å²) in [6, 6.07) is 11.3. The molecule has 14 N–H and O–H groups in total. The molecule has 0 bridgehead atoms. The molecular formula is C56H73F2N13O12S. The van der Waals surface area contributed by atoms with Crippen molar-refractivity contribution in [2.75, 3.05) is 50.0 Å². The smallest absolute Gasteiger partial charge is 0.321 e. The predicted octanol–water partition coefficient (Wildman–Crippen LogP) is 0.780. The van der Waals surface area contributed by atoms with Crippen molar-refractivity contribution >= 4 is 76.7 Å². The van der Waals surface area contributed by atoms with Gasteiger partial charge in [0.25, 0.3) is 0 Å². The van der Waals surface area contributed by atoms with Crippen LogP contribution in [0.15, 0.2) is 79.0 Å². The van der Waals surface area contributed by atoms with E-state index in [1.165, 1.54) is 36.1 Å². The van der Waals surface area contributed by atoms with Crippen molar-refractivity contribution in [3.8, 4) is 11.3 Å². The van der Waals surface area contributed by atoms with Gasteiger partial charge in [0.15, 0.2) is 0 Å². The van der Waals surface area contributed by atoms with Crippen molar-refractivity contribution in [2.24, 2.45) is 28.3 Å². The molecule has 10 amide bonds. The molecule has 25 nitrogen and oxygen atoms in total. The molecule has 0 radical (unpaired) electrons. The molecule has 4 aromatic rings. The summed E-state index contributed by atoms with van der Waals surface area (Å²) < 4.78 is 31.4. The molecule has 1 saturated heterocycles. The molecule has 2 heterocycles. The molecule has 1 aliphatic heterocycles. The highest BCUT2D eigenvalue weighted by atomic mass is 32.2. The number of carbonyl (C=O) groups is 10. The SMILES string of the molecule is C[C@H](NC(=O)CCNC(=O)[C@@H](N)CCN(C(=O)CO)[C@@H](c1nc(-c2cc(F)ccc2F)cn1Cc1ccccc1)C(C)(C)C)C(=O)N(c1ccc(CC(=O)NCCN2C(=O)CC(SC[C@H](N)C(=O)O)C2=O)cc1)[C@@H](CCCNC(N)=O)C(N)=O. The number of nitrogens with two attached hydrogens (primary N) is 4. The molecule has 84 heavy (non-hydrogen) atoms. The Morgan fingerprint density at radius 2 is 1.55 bits per heavy atom. The monoisotopic (exact) mass is 1190 g/mol. The van der Waals surface area contributed by atoms with E-state index in [9.17, 15) is 57.4 Å². The fraction of sp³-hybridized carbons (Fsp3) is 0.446. The molecule has 1 aromatic heterocycles. The van der Waals surface area contributed by atoms with E-state index in [4.69, 9.17) is 33.0 Å². The summed E-state index contributed by atoms with van der Waals surface area (Å²) in [5.74, 6) is -7.74. The highest BCUT2D eigenvalue weighted by Crippen LogP contribution is 2.40. The number of halogens is 2. The maximum Gasteiger partial charge on any atom is 0.321 e. The summed E-state index contributed by atoms with van der Waals surface area (Å²) in [7, 11) is 0. The number of amides is 10. The number of carbonyl (C=O) groups excluding carboxylic acids is 9. The van der Waals surface area contributed by atoms with Crippen LogP contribution in [0.4, 0.5) is 19.3 Å². The Morgan fingerprint density at radius 3 is 2.18 bits per heavy atom. The van der Waals surface area contributed by atoms with Crippen LogP contribution >= 0.6 is 11.8 Å². The van der Waals surface area contributed by atoms with Gasteiger partial charge in [0.05, 0.1) is 29.4 Å². The first kappa shape index (κ1) is 66.5. The third kappa shape index (κ3) is 18.8.